The molecule has 0 atom stereocenters. The van der Waals surface area contributed by atoms with Gasteiger partial charge in [0.1, 0.15) is 0 Å². The maximum atomic E-state index is 6.63. The van der Waals surface area contributed by atoms with Crippen molar-refractivity contribution in [3.05, 3.63) is 29.8 Å². The highest BCUT2D eigenvalue weighted by Crippen LogP contribution is 2.13. The Morgan fingerprint density at radius 1 is 1.40 bits per heavy atom. The zero-order valence-electron chi connectivity index (χ0n) is 5.41. The average molecular weight is 152 g/mol. The topological polar surface area (TPSA) is 36.2 Å². The third-order valence-electron chi connectivity index (χ3n) is 1.24. The third kappa shape index (κ3) is 1.57. The highest BCUT2D eigenvalue weighted by Gasteiger charge is 1.93. The van der Waals surface area contributed by atoms with Crippen LogP contribution in [-0.4, -0.2) is 0 Å². The summed E-state index contributed by atoms with van der Waals surface area (Å²) in [5.41, 5.74) is 7.63. The number of benzene rings is 1. The van der Waals surface area contributed by atoms with Crippen LogP contribution in [-0.2, 0) is 6.54 Å². The molecule has 1 N–H and O–H groups in total. The Hall–Kier alpha value is -0.830. The number of rotatable bonds is 2. The van der Waals surface area contributed by atoms with E-state index in [1.165, 1.54) is 0 Å². The third-order valence-corrected chi connectivity index (χ3v) is 1.68. The molecule has 1 aromatic carbocycles. The molecule has 0 spiro atoms. The van der Waals surface area contributed by atoms with E-state index in [4.69, 9.17) is 5.53 Å². The molecule has 0 amide bonds. The van der Waals surface area contributed by atoms with Crippen molar-refractivity contribution in [2.24, 2.45) is 5.11 Å². The molecule has 0 fully saturated rings. The first-order valence-electron chi connectivity index (χ1n) is 2.94. The molecule has 0 heterocycles. The van der Waals surface area contributed by atoms with Gasteiger partial charge in [0.15, 0.2) is 0 Å². The summed E-state index contributed by atoms with van der Waals surface area (Å²) in [6.45, 7) is 0.430. The van der Waals surface area contributed by atoms with Crippen LogP contribution in [0.3, 0.4) is 0 Å². The largest absolute Gasteiger partial charge is 0.210 e. The minimum atomic E-state index is 0.430. The van der Waals surface area contributed by atoms with Crippen molar-refractivity contribution in [1.29, 1.82) is 5.53 Å². The van der Waals surface area contributed by atoms with Crippen LogP contribution in [0.4, 0.5) is 0 Å². The number of thiol groups is 1. The summed E-state index contributed by atoms with van der Waals surface area (Å²) >= 11 is 4.19. The fourth-order valence-electron chi connectivity index (χ4n) is 0.730. The number of nitrogens with one attached hydrogen (secondary N) is 1. The van der Waals surface area contributed by atoms with Crippen LogP contribution in [0.25, 0.3) is 0 Å². The highest BCUT2D eigenvalue weighted by molar-refractivity contribution is 7.80. The molecule has 0 aliphatic rings. The Balaban J connectivity index is 2.91. The molecular formula is C7H8N2S. The first-order chi connectivity index (χ1) is 4.84. The minimum Gasteiger partial charge on any atom is -0.210 e. The fraction of sp³-hybridized carbons (Fsp3) is 0.143. The lowest BCUT2D eigenvalue weighted by Crippen LogP contribution is -1.80. The van der Waals surface area contributed by atoms with Gasteiger partial charge in [-0.1, -0.05) is 18.2 Å². The molecule has 0 bridgehead atoms. The van der Waals surface area contributed by atoms with E-state index in [0.29, 0.717) is 6.54 Å². The van der Waals surface area contributed by atoms with Gasteiger partial charge in [0.05, 0.1) is 6.54 Å². The van der Waals surface area contributed by atoms with E-state index < -0.39 is 0 Å². The summed E-state index contributed by atoms with van der Waals surface area (Å²) in [5, 5.41) is 3.27. The van der Waals surface area contributed by atoms with E-state index in [1.54, 1.807) is 0 Å². The van der Waals surface area contributed by atoms with E-state index >= 15 is 0 Å². The van der Waals surface area contributed by atoms with Gasteiger partial charge in [0.2, 0.25) is 0 Å². The molecule has 0 aliphatic heterocycles. The molecule has 0 saturated heterocycles. The SMILES string of the molecule is N=NCc1ccccc1S. The van der Waals surface area contributed by atoms with Gasteiger partial charge in [-0.15, -0.1) is 12.6 Å². The molecule has 52 valence electrons. The van der Waals surface area contributed by atoms with Crippen LogP contribution < -0.4 is 0 Å². The van der Waals surface area contributed by atoms with E-state index in [1.807, 2.05) is 24.3 Å². The Labute approximate surface area is 65.2 Å². The molecule has 1 rings (SSSR count). The van der Waals surface area contributed by atoms with Crippen molar-refractivity contribution < 1.29 is 0 Å². The first kappa shape index (κ1) is 7.28. The maximum Gasteiger partial charge on any atom is 0.0857 e. The summed E-state index contributed by atoms with van der Waals surface area (Å²) in [6.07, 6.45) is 0. The van der Waals surface area contributed by atoms with Crippen molar-refractivity contribution in [3.63, 3.8) is 0 Å². The summed E-state index contributed by atoms with van der Waals surface area (Å²) < 4.78 is 0. The minimum absolute atomic E-state index is 0.430. The molecule has 0 saturated carbocycles. The second kappa shape index (κ2) is 3.37. The van der Waals surface area contributed by atoms with Crippen LogP contribution in [0, 0.1) is 5.53 Å². The van der Waals surface area contributed by atoms with E-state index in [-0.39, 0.29) is 0 Å². The molecule has 2 nitrogen and oxygen atoms in total. The Bertz CT molecular complexity index is 235. The lowest BCUT2D eigenvalue weighted by Gasteiger charge is -1.97. The molecule has 0 aliphatic carbocycles. The first-order valence-corrected chi connectivity index (χ1v) is 3.39. The summed E-state index contributed by atoms with van der Waals surface area (Å²) in [5.74, 6) is 0. The smallest absolute Gasteiger partial charge is 0.0857 e. The molecule has 1 aromatic rings. The van der Waals surface area contributed by atoms with Crippen molar-refractivity contribution in [2.75, 3.05) is 0 Å². The summed E-state index contributed by atoms with van der Waals surface area (Å²) in [7, 11) is 0. The van der Waals surface area contributed by atoms with Gasteiger partial charge in [0, 0.05) is 4.90 Å². The van der Waals surface area contributed by atoms with Crippen molar-refractivity contribution in [3.8, 4) is 0 Å². The Kier molecular flexibility index (Phi) is 2.45. The van der Waals surface area contributed by atoms with Crippen molar-refractivity contribution >= 4 is 12.6 Å². The van der Waals surface area contributed by atoms with Gasteiger partial charge < -0.3 is 0 Å². The van der Waals surface area contributed by atoms with Crippen LogP contribution in [0.2, 0.25) is 0 Å². The van der Waals surface area contributed by atoms with Crippen LogP contribution in [0.15, 0.2) is 34.3 Å². The molecule has 0 aromatic heterocycles. The van der Waals surface area contributed by atoms with Crippen molar-refractivity contribution in [1.82, 2.24) is 0 Å². The van der Waals surface area contributed by atoms with Gasteiger partial charge >= 0.3 is 0 Å². The van der Waals surface area contributed by atoms with Crippen molar-refractivity contribution in [2.45, 2.75) is 11.4 Å². The normalized spacial score (nSPS) is 9.30. The van der Waals surface area contributed by atoms with Gasteiger partial charge in [-0.2, -0.15) is 5.11 Å². The molecular weight excluding hydrogens is 144 g/mol. The second-order valence-electron chi connectivity index (χ2n) is 1.94. The number of hydrogen-bond donors (Lipinski definition) is 2. The Morgan fingerprint density at radius 2 is 2.10 bits per heavy atom. The molecule has 0 radical (unpaired) electrons. The monoisotopic (exact) mass is 152 g/mol. The summed E-state index contributed by atoms with van der Waals surface area (Å²) in [4.78, 5) is 0.901. The second-order valence-corrected chi connectivity index (χ2v) is 2.43. The van der Waals surface area contributed by atoms with Gasteiger partial charge in [-0.3, -0.25) is 0 Å². The van der Waals surface area contributed by atoms with Gasteiger partial charge in [-0.05, 0) is 11.6 Å². The molecule has 0 unspecified atom stereocenters. The number of hydrogen-bond acceptors (Lipinski definition) is 3. The standard InChI is InChI=1S/C7H8N2S/c8-9-5-6-3-1-2-4-7(6)10/h1-4,8,10H,5H2. The zero-order valence-corrected chi connectivity index (χ0v) is 6.31. The van der Waals surface area contributed by atoms with Crippen LogP contribution >= 0.6 is 12.6 Å². The van der Waals surface area contributed by atoms with E-state index in [9.17, 15) is 0 Å². The Morgan fingerprint density at radius 3 is 2.70 bits per heavy atom. The lowest BCUT2D eigenvalue weighted by molar-refractivity contribution is 0.890. The van der Waals surface area contributed by atoms with Crippen LogP contribution in [0.1, 0.15) is 5.56 Å². The van der Waals surface area contributed by atoms with E-state index in [2.05, 4.69) is 17.7 Å². The molecule has 10 heavy (non-hydrogen) atoms. The highest BCUT2D eigenvalue weighted by atomic mass is 32.1. The molecule has 3 heteroatoms. The lowest BCUT2D eigenvalue weighted by atomic mass is 10.2. The van der Waals surface area contributed by atoms with Crippen LogP contribution in [0.5, 0.6) is 0 Å². The average Bonchev–Trinajstić information content (AvgIpc) is 1.94. The van der Waals surface area contributed by atoms with E-state index in [0.717, 1.165) is 10.5 Å². The predicted octanol–water partition coefficient (Wildman–Crippen LogP) is 2.51. The summed E-state index contributed by atoms with van der Waals surface area (Å²) in [6, 6.07) is 7.64. The maximum absolute atomic E-state index is 6.63. The van der Waals surface area contributed by atoms with Gasteiger partial charge in [-0.25, -0.2) is 5.53 Å². The van der Waals surface area contributed by atoms with Gasteiger partial charge in [0.25, 0.3) is 0 Å². The quantitative estimate of drug-likeness (QED) is 0.482. The zero-order chi connectivity index (χ0) is 7.40. The fourth-order valence-corrected chi connectivity index (χ4v) is 0.961. The number of nitrogens with zero attached hydrogens (tertiary/aromatic N) is 1. The predicted molar refractivity (Wildman–Crippen MR) is 42.5 cm³/mol.